The van der Waals surface area contributed by atoms with Crippen molar-refractivity contribution in [3.63, 3.8) is 0 Å². The van der Waals surface area contributed by atoms with Gasteiger partial charge in [-0.3, -0.25) is 9.20 Å². The van der Waals surface area contributed by atoms with Gasteiger partial charge in [0.1, 0.15) is 5.75 Å². The quantitative estimate of drug-likeness (QED) is 0.731. The fourth-order valence-electron chi connectivity index (χ4n) is 3.75. The molecule has 0 saturated heterocycles. The average Bonchev–Trinajstić information content (AvgIpc) is 3.11. The Balaban J connectivity index is 1.93. The van der Waals surface area contributed by atoms with Gasteiger partial charge in [0.05, 0.1) is 24.4 Å². The van der Waals surface area contributed by atoms with E-state index in [9.17, 15) is 9.90 Å². The molecule has 1 aromatic carbocycles. The van der Waals surface area contributed by atoms with Crippen molar-refractivity contribution in [2.24, 2.45) is 5.92 Å². The van der Waals surface area contributed by atoms with E-state index in [4.69, 9.17) is 9.72 Å². The van der Waals surface area contributed by atoms with Crippen LogP contribution in [0, 0.1) is 5.92 Å². The summed E-state index contributed by atoms with van der Waals surface area (Å²) in [6.45, 7) is 4.77. The van der Waals surface area contributed by atoms with E-state index in [1.165, 1.54) is 10.6 Å². The predicted octanol–water partition coefficient (Wildman–Crippen LogP) is 4.21. The minimum absolute atomic E-state index is 0.0459. The second-order valence-corrected chi connectivity index (χ2v) is 7.91. The van der Waals surface area contributed by atoms with Crippen molar-refractivity contribution in [2.45, 2.75) is 39.5 Å². The number of aliphatic carboxylic acids is 1. The van der Waals surface area contributed by atoms with E-state index in [1.807, 2.05) is 31.2 Å². The van der Waals surface area contributed by atoms with Crippen LogP contribution in [0.3, 0.4) is 0 Å². The lowest BCUT2D eigenvalue weighted by Crippen LogP contribution is -2.13. The molecule has 3 aromatic rings. The second kappa shape index (κ2) is 6.76. The molecule has 6 heteroatoms. The number of carboxylic acid groups (broad SMARTS) is 1. The third-order valence-corrected chi connectivity index (χ3v) is 6.02. The molecule has 136 valence electrons. The summed E-state index contributed by atoms with van der Waals surface area (Å²) in [5, 5.41) is 9.50. The van der Waals surface area contributed by atoms with E-state index in [2.05, 4.69) is 11.3 Å². The van der Waals surface area contributed by atoms with Gasteiger partial charge in [-0.2, -0.15) is 0 Å². The van der Waals surface area contributed by atoms with E-state index in [0.29, 0.717) is 12.5 Å². The van der Waals surface area contributed by atoms with Crippen LogP contribution in [-0.2, 0) is 24.1 Å². The number of rotatable bonds is 5. The number of thiazole rings is 1. The van der Waals surface area contributed by atoms with E-state index < -0.39 is 5.97 Å². The summed E-state index contributed by atoms with van der Waals surface area (Å²) < 4.78 is 7.85. The first-order chi connectivity index (χ1) is 12.6. The van der Waals surface area contributed by atoms with Gasteiger partial charge >= 0.3 is 5.97 Å². The molecular formula is C20H22N2O3S. The van der Waals surface area contributed by atoms with Gasteiger partial charge in [0, 0.05) is 16.1 Å². The van der Waals surface area contributed by atoms with Gasteiger partial charge in [-0.25, -0.2) is 4.98 Å². The molecule has 0 amide bonds. The molecule has 1 aliphatic carbocycles. The normalized spacial score (nSPS) is 16.6. The molecule has 2 aromatic heterocycles. The van der Waals surface area contributed by atoms with Crippen LogP contribution in [0.25, 0.3) is 16.2 Å². The molecule has 0 aliphatic heterocycles. The summed E-state index contributed by atoms with van der Waals surface area (Å²) in [6, 6.07) is 7.73. The zero-order valence-electron chi connectivity index (χ0n) is 15.0. The van der Waals surface area contributed by atoms with Crippen molar-refractivity contribution in [1.29, 1.82) is 0 Å². The van der Waals surface area contributed by atoms with Gasteiger partial charge in [-0.05, 0) is 44.2 Å². The highest BCUT2D eigenvalue weighted by Gasteiger charge is 2.27. The number of carboxylic acids is 1. The number of hydrogen-bond donors (Lipinski definition) is 1. The number of para-hydroxylation sites is 1. The Kier molecular flexibility index (Phi) is 4.44. The number of aromatic nitrogens is 2. The number of ether oxygens (including phenoxy) is 1. The lowest BCUT2D eigenvalue weighted by molar-refractivity contribution is -0.136. The molecule has 2 heterocycles. The minimum Gasteiger partial charge on any atom is -0.493 e. The maximum Gasteiger partial charge on any atom is 0.309 e. The highest BCUT2D eigenvalue weighted by atomic mass is 32.1. The molecule has 0 saturated carbocycles. The molecule has 0 spiro atoms. The summed E-state index contributed by atoms with van der Waals surface area (Å²) in [5.41, 5.74) is 3.59. The number of fused-ring (bicyclic) bond motifs is 3. The Hall–Kier alpha value is -2.34. The number of carbonyl (C=O) groups is 1. The molecule has 26 heavy (non-hydrogen) atoms. The Bertz CT molecular complexity index is 973. The second-order valence-electron chi connectivity index (χ2n) is 6.84. The Labute approximate surface area is 156 Å². The van der Waals surface area contributed by atoms with Crippen molar-refractivity contribution in [2.75, 3.05) is 6.61 Å². The summed E-state index contributed by atoms with van der Waals surface area (Å²) in [5.74, 6) is 0.577. The van der Waals surface area contributed by atoms with Crippen LogP contribution in [0.15, 0.2) is 24.3 Å². The lowest BCUT2D eigenvalue weighted by Gasteiger charge is -2.18. The molecule has 1 atom stereocenters. The number of hydrogen-bond acceptors (Lipinski definition) is 4. The number of benzene rings is 1. The van der Waals surface area contributed by atoms with Gasteiger partial charge in [0.25, 0.3) is 0 Å². The van der Waals surface area contributed by atoms with Crippen molar-refractivity contribution in [3.8, 4) is 17.0 Å². The first-order valence-electron chi connectivity index (χ1n) is 9.04. The molecule has 0 bridgehead atoms. The predicted molar refractivity (Wildman–Crippen MR) is 102 cm³/mol. The Morgan fingerprint density at radius 3 is 3.00 bits per heavy atom. The van der Waals surface area contributed by atoms with Crippen LogP contribution in [0.2, 0.25) is 0 Å². The van der Waals surface area contributed by atoms with Gasteiger partial charge in [0.2, 0.25) is 0 Å². The van der Waals surface area contributed by atoms with Gasteiger partial charge in [-0.1, -0.05) is 19.1 Å². The van der Waals surface area contributed by atoms with Crippen molar-refractivity contribution >= 4 is 22.3 Å². The van der Waals surface area contributed by atoms with Gasteiger partial charge < -0.3 is 9.84 Å². The number of aryl methyl sites for hydroxylation is 1. The largest absolute Gasteiger partial charge is 0.493 e. The molecule has 4 rings (SSSR count). The molecule has 0 radical (unpaired) electrons. The first-order valence-corrected chi connectivity index (χ1v) is 9.86. The maximum atomic E-state index is 11.6. The van der Waals surface area contributed by atoms with Crippen LogP contribution in [0.4, 0.5) is 0 Å². The van der Waals surface area contributed by atoms with Crippen molar-refractivity contribution in [3.05, 3.63) is 40.5 Å². The smallest absolute Gasteiger partial charge is 0.309 e. The van der Waals surface area contributed by atoms with Crippen molar-refractivity contribution in [1.82, 2.24) is 9.38 Å². The van der Waals surface area contributed by atoms with Crippen LogP contribution in [0.1, 0.15) is 36.5 Å². The maximum absolute atomic E-state index is 11.6. The molecular weight excluding hydrogens is 348 g/mol. The zero-order valence-corrected chi connectivity index (χ0v) is 15.8. The van der Waals surface area contributed by atoms with E-state index in [0.717, 1.165) is 46.9 Å². The fraction of sp³-hybridized carbons (Fsp3) is 0.400. The van der Waals surface area contributed by atoms with Crippen LogP contribution >= 0.6 is 11.3 Å². The highest BCUT2D eigenvalue weighted by molar-refractivity contribution is 7.17. The third-order valence-electron chi connectivity index (χ3n) is 4.92. The first kappa shape index (κ1) is 17.1. The number of nitrogens with zero attached hydrogens (tertiary/aromatic N) is 2. The highest BCUT2D eigenvalue weighted by Crippen LogP contribution is 2.38. The van der Waals surface area contributed by atoms with Gasteiger partial charge in [-0.15, -0.1) is 11.3 Å². The summed E-state index contributed by atoms with van der Waals surface area (Å²) in [4.78, 5) is 18.7. The zero-order chi connectivity index (χ0) is 18.3. The van der Waals surface area contributed by atoms with Crippen molar-refractivity contribution < 1.29 is 14.6 Å². The molecule has 0 fully saturated rings. The summed E-state index contributed by atoms with van der Waals surface area (Å²) in [6.07, 6.45) is 3.12. The molecule has 1 unspecified atom stereocenters. The fourth-order valence-corrected chi connectivity index (χ4v) is 5.10. The van der Waals surface area contributed by atoms with E-state index in [-0.39, 0.29) is 6.42 Å². The molecule has 1 aliphatic rings. The lowest BCUT2D eigenvalue weighted by atomic mass is 9.93. The minimum atomic E-state index is -0.842. The SMILES string of the molecule is CCOc1ccccc1-c1nc2sc3c(n2c1CC(=O)O)CCC(C)C3. The van der Waals surface area contributed by atoms with Crippen LogP contribution < -0.4 is 4.74 Å². The Morgan fingerprint density at radius 2 is 2.23 bits per heavy atom. The molecule has 5 nitrogen and oxygen atoms in total. The van der Waals surface area contributed by atoms with E-state index in [1.54, 1.807) is 11.3 Å². The number of imidazole rings is 1. The average molecular weight is 370 g/mol. The molecule has 1 N–H and O–H groups in total. The monoisotopic (exact) mass is 370 g/mol. The topological polar surface area (TPSA) is 63.8 Å². The summed E-state index contributed by atoms with van der Waals surface area (Å²) >= 11 is 1.70. The summed E-state index contributed by atoms with van der Waals surface area (Å²) in [7, 11) is 0. The van der Waals surface area contributed by atoms with Crippen LogP contribution in [-0.4, -0.2) is 27.1 Å². The third kappa shape index (κ3) is 2.88. The van der Waals surface area contributed by atoms with Gasteiger partial charge in [0.15, 0.2) is 4.96 Å². The standard InChI is InChI=1S/C20H22N2O3S/c1-3-25-16-7-5-4-6-13(16)19-15(11-18(23)24)22-14-9-8-12(2)10-17(14)26-20(22)21-19/h4-7,12H,3,8-11H2,1-2H3,(H,23,24). The van der Waals surface area contributed by atoms with Crippen LogP contribution in [0.5, 0.6) is 5.75 Å². The van der Waals surface area contributed by atoms with E-state index >= 15 is 0 Å². The Morgan fingerprint density at radius 1 is 1.42 bits per heavy atom.